The fourth-order valence-electron chi connectivity index (χ4n) is 5.22. The number of likely N-dealkylation sites (tertiary alicyclic amines) is 1. The molecule has 0 radical (unpaired) electrons. The van der Waals surface area contributed by atoms with Crippen LogP contribution in [0.15, 0.2) is 23.7 Å². The minimum Gasteiger partial charge on any atom is -0.366 e. The lowest BCUT2D eigenvalue weighted by atomic mass is 9.89. The van der Waals surface area contributed by atoms with E-state index >= 15 is 0 Å². The van der Waals surface area contributed by atoms with Crippen LogP contribution in [0.1, 0.15) is 60.1 Å². The molecule has 2 aromatic heterocycles. The molecule has 10 heteroatoms. The number of thiazole rings is 1. The molecule has 2 aliphatic rings. The SMILES string of the molecule is CCS(=O)(=O)N1CCC(c2c[nH]c3c(C(N)=O)cc(-c4nc(CN5CCCC5)cs4)cc23)CC1. The summed E-state index contributed by atoms with van der Waals surface area (Å²) in [6, 6.07) is 3.93. The van der Waals surface area contributed by atoms with Gasteiger partial charge in [-0.3, -0.25) is 9.69 Å². The van der Waals surface area contributed by atoms with Gasteiger partial charge in [-0.05, 0) is 69.3 Å². The summed E-state index contributed by atoms with van der Waals surface area (Å²) in [6.45, 7) is 5.81. The molecule has 2 aliphatic heterocycles. The Morgan fingerprint density at radius 2 is 1.94 bits per heavy atom. The van der Waals surface area contributed by atoms with Crippen molar-refractivity contribution in [1.29, 1.82) is 0 Å². The number of aromatic nitrogens is 2. The van der Waals surface area contributed by atoms with Crippen LogP contribution in [-0.4, -0.2) is 65.4 Å². The number of hydrogen-bond donors (Lipinski definition) is 2. The van der Waals surface area contributed by atoms with Crippen molar-refractivity contribution in [2.24, 2.45) is 5.73 Å². The summed E-state index contributed by atoms with van der Waals surface area (Å²) in [5.41, 5.74) is 10.0. The first-order valence-corrected chi connectivity index (χ1v) is 14.4. The Labute approximate surface area is 204 Å². The van der Waals surface area contributed by atoms with Crippen molar-refractivity contribution in [1.82, 2.24) is 19.2 Å². The molecule has 1 amide bonds. The molecule has 2 saturated heterocycles. The Bertz CT molecular complexity index is 1300. The Balaban J connectivity index is 1.45. The van der Waals surface area contributed by atoms with Crippen molar-refractivity contribution in [3.05, 3.63) is 40.5 Å². The first-order chi connectivity index (χ1) is 16.4. The maximum absolute atomic E-state index is 12.3. The predicted molar refractivity (Wildman–Crippen MR) is 135 cm³/mol. The quantitative estimate of drug-likeness (QED) is 0.514. The third-order valence-electron chi connectivity index (χ3n) is 7.12. The molecule has 34 heavy (non-hydrogen) atoms. The van der Waals surface area contributed by atoms with Crippen LogP contribution in [0.4, 0.5) is 0 Å². The third-order valence-corrected chi connectivity index (χ3v) is 9.94. The number of carbonyl (C=O) groups is 1. The van der Waals surface area contributed by atoms with Gasteiger partial charge in [0.15, 0.2) is 0 Å². The number of benzene rings is 1. The minimum absolute atomic E-state index is 0.129. The molecule has 0 aliphatic carbocycles. The number of sulfonamides is 1. The van der Waals surface area contributed by atoms with Crippen LogP contribution in [0.25, 0.3) is 21.5 Å². The van der Waals surface area contributed by atoms with Crippen molar-refractivity contribution < 1.29 is 13.2 Å². The van der Waals surface area contributed by atoms with E-state index in [9.17, 15) is 13.2 Å². The number of nitrogens with zero attached hydrogens (tertiary/aromatic N) is 3. The molecule has 182 valence electrons. The summed E-state index contributed by atoms with van der Waals surface area (Å²) < 4.78 is 26.1. The van der Waals surface area contributed by atoms with Crippen molar-refractivity contribution in [3.8, 4) is 10.6 Å². The highest BCUT2D eigenvalue weighted by atomic mass is 32.2. The number of nitrogens with two attached hydrogens (primary N) is 1. The topological polar surface area (TPSA) is 112 Å². The molecule has 0 spiro atoms. The van der Waals surface area contributed by atoms with Crippen LogP contribution >= 0.6 is 11.3 Å². The summed E-state index contributed by atoms with van der Waals surface area (Å²) in [5, 5.41) is 3.96. The van der Waals surface area contributed by atoms with E-state index in [0.717, 1.165) is 65.2 Å². The normalized spacial score (nSPS) is 18.7. The van der Waals surface area contributed by atoms with Crippen molar-refractivity contribution in [2.75, 3.05) is 31.9 Å². The Kier molecular flexibility index (Phi) is 6.49. The Hall–Kier alpha value is -2.27. The van der Waals surface area contributed by atoms with Crippen LogP contribution < -0.4 is 5.73 Å². The fourth-order valence-corrected chi connectivity index (χ4v) is 7.15. The number of H-pyrrole nitrogens is 1. The Morgan fingerprint density at radius 1 is 1.21 bits per heavy atom. The van der Waals surface area contributed by atoms with Crippen LogP contribution in [-0.2, 0) is 16.6 Å². The standard InChI is InChI=1S/C24H31N5O3S2/c1-2-34(31,32)29-9-5-16(6-10-29)21-13-26-22-19(21)11-17(12-20(22)23(25)30)24-27-18(15-33-24)14-28-7-3-4-8-28/h11-13,15-16,26H,2-10,14H2,1H3,(H2,25,30). The lowest BCUT2D eigenvalue weighted by Gasteiger charge is -2.31. The number of rotatable bonds is 7. The van der Waals surface area contributed by atoms with Crippen LogP contribution in [0, 0.1) is 0 Å². The van der Waals surface area contributed by atoms with Crippen molar-refractivity contribution >= 4 is 38.2 Å². The number of hydrogen-bond acceptors (Lipinski definition) is 6. The van der Waals surface area contributed by atoms with Gasteiger partial charge in [-0.1, -0.05) is 0 Å². The van der Waals surface area contributed by atoms with E-state index in [1.807, 2.05) is 12.3 Å². The van der Waals surface area contributed by atoms with Gasteiger partial charge in [-0.25, -0.2) is 17.7 Å². The number of primary amides is 1. The largest absolute Gasteiger partial charge is 0.366 e. The molecule has 0 unspecified atom stereocenters. The van der Waals surface area contributed by atoms with E-state index in [-0.39, 0.29) is 11.7 Å². The summed E-state index contributed by atoms with van der Waals surface area (Å²) in [6.07, 6.45) is 5.94. The van der Waals surface area contributed by atoms with Gasteiger partial charge in [0.25, 0.3) is 5.91 Å². The smallest absolute Gasteiger partial charge is 0.250 e. The molecule has 0 bridgehead atoms. The second kappa shape index (κ2) is 9.41. The zero-order valence-electron chi connectivity index (χ0n) is 19.4. The molecule has 0 saturated carbocycles. The molecule has 3 N–H and O–H groups in total. The van der Waals surface area contributed by atoms with Gasteiger partial charge in [0.1, 0.15) is 5.01 Å². The third kappa shape index (κ3) is 4.51. The van der Waals surface area contributed by atoms with Crippen LogP contribution in [0.3, 0.4) is 0 Å². The first-order valence-electron chi connectivity index (χ1n) is 12.0. The second-order valence-corrected chi connectivity index (χ2v) is 12.4. The highest BCUT2D eigenvalue weighted by Crippen LogP contribution is 2.37. The highest BCUT2D eigenvalue weighted by molar-refractivity contribution is 7.89. The number of nitrogens with one attached hydrogen (secondary N) is 1. The zero-order chi connectivity index (χ0) is 23.9. The highest BCUT2D eigenvalue weighted by Gasteiger charge is 2.29. The predicted octanol–water partition coefficient (Wildman–Crippen LogP) is 3.52. The minimum atomic E-state index is -3.17. The fraction of sp³-hybridized carbons (Fsp3) is 0.500. The number of piperidine rings is 1. The van der Waals surface area contributed by atoms with Crippen molar-refractivity contribution in [2.45, 2.75) is 45.1 Å². The first kappa shape index (κ1) is 23.5. The molecular weight excluding hydrogens is 470 g/mol. The maximum atomic E-state index is 12.3. The lowest BCUT2D eigenvalue weighted by molar-refractivity contribution is 0.100. The maximum Gasteiger partial charge on any atom is 0.250 e. The van der Waals surface area contributed by atoms with E-state index in [1.165, 1.54) is 12.8 Å². The van der Waals surface area contributed by atoms with Gasteiger partial charge >= 0.3 is 0 Å². The van der Waals surface area contributed by atoms with Crippen LogP contribution in [0.2, 0.25) is 0 Å². The van der Waals surface area contributed by atoms with E-state index in [4.69, 9.17) is 10.7 Å². The monoisotopic (exact) mass is 501 g/mol. The zero-order valence-corrected chi connectivity index (χ0v) is 21.1. The molecule has 8 nitrogen and oxygen atoms in total. The van der Waals surface area contributed by atoms with Gasteiger partial charge < -0.3 is 10.7 Å². The summed E-state index contributed by atoms with van der Waals surface area (Å²) in [4.78, 5) is 22.9. The molecule has 1 aromatic carbocycles. The van der Waals surface area contributed by atoms with E-state index in [0.29, 0.717) is 18.7 Å². The molecular formula is C24H31N5O3S2. The van der Waals surface area contributed by atoms with E-state index < -0.39 is 15.9 Å². The summed E-state index contributed by atoms with van der Waals surface area (Å²) in [5.74, 6) is -0.128. The van der Waals surface area contributed by atoms with Gasteiger partial charge in [-0.15, -0.1) is 11.3 Å². The van der Waals surface area contributed by atoms with Gasteiger partial charge in [0.2, 0.25) is 10.0 Å². The summed E-state index contributed by atoms with van der Waals surface area (Å²) in [7, 11) is -3.17. The van der Waals surface area contributed by atoms with E-state index in [2.05, 4.69) is 21.3 Å². The number of aromatic amines is 1. The average molecular weight is 502 g/mol. The van der Waals surface area contributed by atoms with E-state index in [1.54, 1.807) is 22.6 Å². The van der Waals surface area contributed by atoms with Gasteiger partial charge in [0.05, 0.1) is 22.5 Å². The van der Waals surface area contributed by atoms with Crippen molar-refractivity contribution in [3.63, 3.8) is 0 Å². The number of carbonyl (C=O) groups excluding carboxylic acids is 1. The second-order valence-electron chi connectivity index (χ2n) is 9.26. The van der Waals surface area contributed by atoms with Gasteiger partial charge in [0, 0.05) is 42.2 Å². The molecule has 3 aromatic rings. The van der Waals surface area contributed by atoms with Crippen LogP contribution in [0.5, 0.6) is 0 Å². The average Bonchev–Trinajstić information content (AvgIpc) is 3.60. The summed E-state index contributed by atoms with van der Waals surface area (Å²) >= 11 is 1.59. The number of fused-ring (bicyclic) bond motifs is 1. The molecule has 4 heterocycles. The number of amides is 1. The molecule has 0 atom stereocenters. The van der Waals surface area contributed by atoms with Gasteiger partial charge in [-0.2, -0.15) is 0 Å². The molecule has 5 rings (SSSR count). The molecule has 2 fully saturated rings. The Morgan fingerprint density at radius 3 is 2.62 bits per heavy atom. The lowest BCUT2D eigenvalue weighted by Crippen LogP contribution is -2.38.